The highest BCUT2D eigenvalue weighted by atomic mass is 16.5. The second-order valence-electron chi connectivity index (χ2n) is 5.18. The predicted molar refractivity (Wildman–Crippen MR) is 84.3 cm³/mol. The third-order valence-corrected chi connectivity index (χ3v) is 3.75. The Hall–Kier alpha value is -2.33. The maximum absolute atomic E-state index is 6.35. The molecule has 0 amide bonds. The molecule has 0 aliphatic carbocycles. The average molecular weight is 281 g/mol. The van der Waals surface area contributed by atoms with Crippen molar-refractivity contribution in [3.8, 4) is 5.75 Å². The molecule has 0 aliphatic rings. The van der Waals surface area contributed by atoms with Gasteiger partial charge >= 0.3 is 0 Å². The standard InChI is InChI=1S/C17H19N3O/c1-20-16-9-8-13(21-2)11-15(16)19-17(20)14(18)10-12-6-4-3-5-7-12/h3-9,11,14H,10,18H2,1-2H3. The lowest BCUT2D eigenvalue weighted by Crippen LogP contribution is -2.17. The molecule has 3 rings (SSSR count). The third kappa shape index (κ3) is 2.62. The fourth-order valence-corrected chi connectivity index (χ4v) is 2.62. The van der Waals surface area contributed by atoms with Crippen LogP contribution in [0, 0.1) is 0 Å². The van der Waals surface area contributed by atoms with E-state index in [1.54, 1.807) is 7.11 Å². The van der Waals surface area contributed by atoms with Crippen LogP contribution in [-0.2, 0) is 13.5 Å². The summed E-state index contributed by atoms with van der Waals surface area (Å²) in [7, 11) is 3.66. The van der Waals surface area contributed by atoms with Crippen LogP contribution in [0.25, 0.3) is 11.0 Å². The van der Waals surface area contributed by atoms with E-state index in [4.69, 9.17) is 10.5 Å². The fourth-order valence-electron chi connectivity index (χ4n) is 2.62. The van der Waals surface area contributed by atoms with Gasteiger partial charge < -0.3 is 15.0 Å². The summed E-state index contributed by atoms with van der Waals surface area (Å²) in [4.78, 5) is 4.67. The van der Waals surface area contributed by atoms with Gasteiger partial charge in [-0.05, 0) is 24.1 Å². The van der Waals surface area contributed by atoms with Crippen LogP contribution >= 0.6 is 0 Å². The number of nitrogens with two attached hydrogens (primary N) is 1. The van der Waals surface area contributed by atoms with E-state index < -0.39 is 0 Å². The van der Waals surface area contributed by atoms with Gasteiger partial charge in [0.05, 0.1) is 24.2 Å². The van der Waals surface area contributed by atoms with E-state index in [9.17, 15) is 0 Å². The van der Waals surface area contributed by atoms with Crippen molar-refractivity contribution < 1.29 is 4.74 Å². The zero-order valence-electron chi connectivity index (χ0n) is 12.3. The fraction of sp³-hybridized carbons (Fsp3) is 0.235. The predicted octanol–water partition coefficient (Wildman–Crippen LogP) is 2.82. The Kier molecular flexibility index (Phi) is 3.62. The number of aromatic nitrogens is 2. The molecular formula is C17H19N3O. The minimum atomic E-state index is -0.129. The van der Waals surface area contributed by atoms with Gasteiger partial charge in [0.1, 0.15) is 11.6 Å². The number of aryl methyl sites for hydroxylation is 1. The quantitative estimate of drug-likeness (QED) is 0.800. The van der Waals surface area contributed by atoms with Crippen LogP contribution in [0.1, 0.15) is 17.4 Å². The van der Waals surface area contributed by atoms with E-state index in [0.29, 0.717) is 0 Å². The third-order valence-electron chi connectivity index (χ3n) is 3.75. The van der Waals surface area contributed by atoms with Crippen LogP contribution in [0.3, 0.4) is 0 Å². The van der Waals surface area contributed by atoms with Crippen molar-refractivity contribution in [1.29, 1.82) is 0 Å². The minimum absolute atomic E-state index is 0.129. The molecule has 108 valence electrons. The molecular weight excluding hydrogens is 262 g/mol. The first-order valence-corrected chi connectivity index (χ1v) is 6.99. The Morgan fingerprint density at radius 3 is 2.67 bits per heavy atom. The lowest BCUT2D eigenvalue weighted by atomic mass is 10.1. The van der Waals surface area contributed by atoms with Crippen LogP contribution in [0.15, 0.2) is 48.5 Å². The Bertz CT molecular complexity index is 749. The summed E-state index contributed by atoms with van der Waals surface area (Å²) < 4.78 is 7.30. The first-order chi connectivity index (χ1) is 10.2. The van der Waals surface area contributed by atoms with Gasteiger partial charge in [-0.1, -0.05) is 30.3 Å². The van der Waals surface area contributed by atoms with Crippen LogP contribution in [-0.4, -0.2) is 16.7 Å². The molecule has 4 heteroatoms. The van der Waals surface area contributed by atoms with Crippen LogP contribution < -0.4 is 10.5 Å². The molecule has 1 unspecified atom stereocenters. The molecule has 0 bridgehead atoms. The highest BCUT2D eigenvalue weighted by molar-refractivity contribution is 5.77. The Balaban J connectivity index is 1.94. The van der Waals surface area contributed by atoms with Gasteiger partial charge in [-0.15, -0.1) is 0 Å². The van der Waals surface area contributed by atoms with Gasteiger partial charge in [0, 0.05) is 13.1 Å². The molecule has 3 aromatic rings. The number of fused-ring (bicyclic) bond motifs is 1. The molecule has 1 aromatic heterocycles. The van der Waals surface area contributed by atoms with E-state index in [2.05, 4.69) is 21.7 Å². The highest BCUT2D eigenvalue weighted by Crippen LogP contribution is 2.24. The Morgan fingerprint density at radius 2 is 1.95 bits per heavy atom. The second-order valence-corrected chi connectivity index (χ2v) is 5.18. The summed E-state index contributed by atoms with van der Waals surface area (Å²) in [6.07, 6.45) is 0.773. The number of ether oxygens (including phenoxy) is 1. The van der Waals surface area contributed by atoms with Crippen molar-refractivity contribution in [2.24, 2.45) is 12.8 Å². The number of rotatable bonds is 4. The van der Waals surface area contributed by atoms with Crippen molar-refractivity contribution in [3.05, 3.63) is 59.9 Å². The normalized spacial score (nSPS) is 12.5. The summed E-state index contributed by atoms with van der Waals surface area (Å²) in [6, 6.07) is 16.0. The molecule has 1 heterocycles. The van der Waals surface area contributed by atoms with E-state index in [0.717, 1.165) is 29.0 Å². The van der Waals surface area contributed by atoms with Gasteiger partial charge in [0.2, 0.25) is 0 Å². The van der Waals surface area contributed by atoms with Crippen molar-refractivity contribution >= 4 is 11.0 Å². The lowest BCUT2D eigenvalue weighted by molar-refractivity contribution is 0.415. The maximum Gasteiger partial charge on any atom is 0.126 e. The lowest BCUT2D eigenvalue weighted by Gasteiger charge is -2.11. The summed E-state index contributed by atoms with van der Waals surface area (Å²) in [5.41, 5.74) is 9.54. The summed E-state index contributed by atoms with van der Waals surface area (Å²) >= 11 is 0. The van der Waals surface area contributed by atoms with Crippen LogP contribution in [0.4, 0.5) is 0 Å². The molecule has 21 heavy (non-hydrogen) atoms. The molecule has 4 nitrogen and oxygen atoms in total. The molecule has 0 aliphatic heterocycles. The van der Waals surface area contributed by atoms with Gasteiger partial charge in [-0.25, -0.2) is 4.98 Å². The first kappa shape index (κ1) is 13.6. The molecule has 0 spiro atoms. The topological polar surface area (TPSA) is 53.1 Å². The van der Waals surface area contributed by atoms with Crippen LogP contribution in [0.2, 0.25) is 0 Å². The molecule has 0 saturated carbocycles. The molecule has 0 saturated heterocycles. The minimum Gasteiger partial charge on any atom is -0.497 e. The van der Waals surface area contributed by atoms with Crippen LogP contribution in [0.5, 0.6) is 5.75 Å². The number of nitrogens with zero attached hydrogens (tertiary/aromatic N) is 2. The Labute approximate surface area is 124 Å². The number of benzene rings is 2. The first-order valence-electron chi connectivity index (χ1n) is 6.99. The largest absolute Gasteiger partial charge is 0.497 e. The van der Waals surface area contributed by atoms with E-state index in [-0.39, 0.29) is 6.04 Å². The Morgan fingerprint density at radius 1 is 1.19 bits per heavy atom. The van der Waals surface area contributed by atoms with Crippen molar-refractivity contribution in [2.45, 2.75) is 12.5 Å². The van der Waals surface area contributed by atoms with Crippen molar-refractivity contribution in [1.82, 2.24) is 9.55 Å². The second kappa shape index (κ2) is 5.58. The van der Waals surface area contributed by atoms with Crippen molar-refractivity contribution in [3.63, 3.8) is 0 Å². The maximum atomic E-state index is 6.35. The summed E-state index contributed by atoms with van der Waals surface area (Å²) in [5.74, 6) is 1.70. The number of imidazole rings is 1. The van der Waals surface area contributed by atoms with Gasteiger partial charge in [0.25, 0.3) is 0 Å². The molecule has 0 radical (unpaired) electrons. The average Bonchev–Trinajstić information content (AvgIpc) is 2.85. The monoisotopic (exact) mass is 281 g/mol. The van der Waals surface area contributed by atoms with Crippen molar-refractivity contribution in [2.75, 3.05) is 7.11 Å². The summed E-state index contributed by atoms with van der Waals surface area (Å²) in [6.45, 7) is 0. The number of hydrogen-bond acceptors (Lipinski definition) is 3. The van der Waals surface area contributed by atoms with Gasteiger partial charge in [0.15, 0.2) is 0 Å². The highest BCUT2D eigenvalue weighted by Gasteiger charge is 2.15. The summed E-state index contributed by atoms with van der Waals surface area (Å²) in [5, 5.41) is 0. The van der Waals surface area contributed by atoms with Gasteiger partial charge in [-0.2, -0.15) is 0 Å². The van der Waals surface area contributed by atoms with Gasteiger partial charge in [-0.3, -0.25) is 0 Å². The molecule has 2 aromatic carbocycles. The smallest absolute Gasteiger partial charge is 0.126 e. The molecule has 0 fully saturated rings. The van der Waals surface area contributed by atoms with E-state index >= 15 is 0 Å². The molecule has 2 N–H and O–H groups in total. The zero-order valence-corrected chi connectivity index (χ0v) is 12.3. The zero-order chi connectivity index (χ0) is 14.8. The SMILES string of the molecule is COc1ccc2c(c1)nc(C(N)Cc1ccccc1)n2C. The number of methoxy groups -OCH3 is 1. The molecule has 1 atom stereocenters. The van der Waals surface area contributed by atoms with E-state index in [1.165, 1.54) is 5.56 Å². The van der Waals surface area contributed by atoms with E-state index in [1.807, 2.05) is 43.4 Å². The number of hydrogen-bond donors (Lipinski definition) is 1.